The molecule has 1 aliphatic rings. The summed E-state index contributed by atoms with van der Waals surface area (Å²) in [4.78, 5) is 13.2. The molecule has 1 aromatic carbocycles. The number of amides is 1. The number of aryl methyl sites for hydroxylation is 1. The van der Waals surface area contributed by atoms with Crippen molar-refractivity contribution in [2.45, 2.75) is 11.8 Å². The lowest BCUT2D eigenvalue weighted by atomic mass is 10.2. The second-order valence-corrected chi connectivity index (χ2v) is 8.55. The van der Waals surface area contributed by atoms with E-state index in [-0.39, 0.29) is 0 Å². The quantitative estimate of drug-likeness (QED) is 0.414. The van der Waals surface area contributed by atoms with Crippen LogP contribution < -0.4 is 20.8 Å². The number of nitrogens with one attached hydrogen (secondary N) is 4. The molecule has 9 nitrogen and oxygen atoms in total. The van der Waals surface area contributed by atoms with Gasteiger partial charge < -0.3 is 10.6 Å². The maximum Gasteiger partial charge on any atom is 0.240 e. The molecule has 158 valence electrons. The van der Waals surface area contributed by atoms with E-state index in [0.29, 0.717) is 24.4 Å². The molecular weight excluding hydrogens is 380 g/mol. The van der Waals surface area contributed by atoms with Crippen LogP contribution in [0.2, 0.25) is 0 Å². The molecule has 10 heteroatoms. The maximum atomic E-state index is 12.4. The first-order chi connectivity index (χ1) is 13.5. The van der Waals surface area contributed by atoms with Gasteiger partial charge in [-0.2, -0.15) is 0 Å². The number of benzene rings is 1. The number of rotatable bonds is 7. The SMILES string of the molecule is Cc1ccc(S(=O)(=O)NCCN2CCNCCN(NC=O)CCNCC2)cc1. The molecule has 1 aliphatic heterocycles. The van der Waals surface area contributed by atoms with E-state index in [1.54, 1.807) is 24.3 Å². The molecule has 1 fully saturated rings. The molecule has 0 radical (unpaired) electrons. The molecule has 1 saturated heterocycles. The third-order valence-corrected chi connectivity index (χ3v) is 6.09. The summed E-state index contributed by atoms with van der Waals surface area (Å²) in [5.41, 5.74) is 3.73. The highest BCUT2D eigenvalue weighted by Crippen LogP contribution is 2.09. The second kappa shape index (κ2) is 12.1. The van der Waals surface area contributed by atoms with Crippen molar-refractivity contribution in [3.05, 3.63) is 29.8 Å². The summed E-state index contributed by atoms with van der Waals surface area (Å²) in [5, 5.41) is 8.60. The number of hydrazine groups is 1. The predicted octanol–water partition coefficient (Wildman–Crippen LogP) is -1.27. The highest BCUT2D eigenvalue weighted by atomic mass is 32.2. The predicted molar refractivity (Wildman–Crippen MR) is 109 cm³/mol. The van der Waals surface area contributed by atoms with Gasteiger partial charge in [-0.3, -0.25) is 15.1 Å². The lowest BCUT2D eigenvalue weighted by Crippen LogP contribution is -2.48. The van der Waals surface area contributed by atoms with Crippen molar-refractivity contribution in [3.8, 4) is 0 Å². The highest BCUT2D eigenvalue weighted by Gasteiger charge is 2.14. The van der Waals surface area contributed by atoms with Crippen molar-refractivity contribution in [1.82, 2.24) is 30.7 Å². The number of nitrogens with zero attached hydrogens (tertiary/aromatic N) is 2. The zero-order valence-corrected chi connectivity index (χ0v) is 17.3. The van der Waals surface area contributed by atoms with Crippen LogP contribution in [0.3, 0.4) is 0 Å². The fraction of sp³-hybridized carbons (Fsp3) is 0.611. The molecule has 1 amide bonds. The first-order valence-electron chi connectivity index (χ1n) is 9.66. The number of carbonyl (C=O) groups excluding carboxylic acids is 1. The van der Waals surface area contributed by atoms with Crippen LogP contribution in [0.1, 0.15) is 5.56 Å². The van der Waals surface area contributed by atoms with Crippen molar-refractivity contribution < 1.29 is 13.2 Å². The number of carbonyl (C=O) groups is 1. The molecule has 4 N–H and O–H groups in total. The van der Waals surface area contributed by atoms with Crippen LogP contribution in [-0.2, 0) is 14.8 Å². The van der Waals surface area contributed by atoms with Gasteiger partial charge in [0, 0.05) is 65.4 Å². The second-order valence-electron chi connectivity index (χ2n) is 6.79. The molecule has 28 heavy (non-hydrogen) atoms. The van der Waals surface area contributed by atoms with Gasteiger partial charge in [0.15, 0.2) is 0 Å². The van der Waals surface area contributed by atoms with E-state index in [1.807, 2.05) is 11.9 Å². The Balaban J connectivity index is 1.78. The fourth-order valence-electron chi connectivity index (χ4n) is 2.94. The fourth-order valence-corrected chi connectivity index (χ4v) is 3.96. The van der Waals surface area contributed by atoms with Crippen molar-refractivity contribution >= 4 is 16.4 Å². The Labute approximate surface area is 167 Å². The van der Waals surface area contributed by atoms with Crippen molar-refractivity contribution in [2.24, 2.45) is 0 Å². The summed E-state index contributed by atoms with van der Waals surface area (Å²) < 4.78 is 27.5. The third-order valence-electron chi connectivity index (χ3n) is 4.61. The van der Waals surface area contributed by atoms with Gasteiger partial charge in [-0.1, -0.05) is 17.7 Å². The summed E-state index contributed by atoms with van der Waals surface area (Å²) >= 11 is 0. The van der Waals surface area contributed by atoms with Gasteiger partial charge in [0.2, 0.25) is 16.4 Å². The Morgan fingerprint density at radius 2 is 1.57 bits per heavy atom. The van der Waals surface area contributed by atoms with Gasteiger partial charge in [-0.15, -0.1) is 0 Å². The average molecular weight is 413 g/mol. The highest BCUT2D eigenvalue weighted by molar-refractivity contribution is 7.89. The van der Waals surface area contributed by atoms with Crippen LogP contribution in [0.25, 0.3) is 0 Å². The molecule has 0 atom stereocenters. The van der Waals surface area contributed by atoms with E-state index in [1.165, 1.54) is 0 Å². The summed E-state index contributed by atoms with van der Waals surface area (Å²) in [7, 11) is -3.48. The zero-order chi connectivity index (χ0) is 20.2. The maximum absolute atomic E-state index is 12.4. The summed E-state index contributed by atoms with van der Waals surface area (Å²) in [6, 6.07) is 6.86. The number of hydrogen-bond acceptors (Lipinski definition) is 7. The topological polar surface area (TPSA) is 106 Å². The Bertz CT molecular complexity index is 669. The Morgan fingerprint density at radius 1 is 1.00 bits per heavy atom. The number of sulfonamides is 1. The van der Waals surface area contributed by atoms with Gasteiger partial charge in [-0.25, -0.2) is 18.1 Å². The molecule has 0 spiro atoms. The van der Waals surface area contributed by atoms with E-state index in [0.717, 1.165) is 57.9 Å². The van der Waals surface area contributed by atoms with Gasteiger partial charge in [-0.05, 0) is 19.1 Å². The standard InChI is InChI=1S/C18H32N6O3S/c1-17-2-4-18(5-3-17)28(26,27)22-10-13-23-11-6-19-8-14-24(21-16-25)15-9-20-7-12-23/h2-5,16,19-20,22H,6-15H2,1H3,(H,21,25). The van der Waals surface area contributed by atoms with Crippen LogP contribution >= 0.6 is 0 Å². The van der Waals surface area contributed by atoms with E-state index in [4.69, 9.17) is 0 Å². The lowest BCUT2D eigenvalue weighted by Gasteiger charge is -2.26. The molecule has 0 aromatic heterocycles. The normalized spacial score (nSPS) is 18.8. The van der Waals surface area contributed by atoms with Gasteiger partial charge in [0.25, 0.3) is 0 Å². The molecule has 2 rings (SSSR count). The number of hydrogen-bond donors (Lipinski definition) is 4. The van der Waals surface area contributed by atoms with Crippen molar-refractivity contribution in [1.29, 1.82) is 0 Å². The first-order valence-corrected chi connectivity index (χ1v) is 11.1. The van der Waals surface area contributed by atoms with E-state index >= 15 is 0 Å². The zero-order valence-electron chi connectivity index (χ0n) is 16.5. The third kappa shape index (κ3) is 8.21. The first kappa shape index (κ1) is 22.7. The van der Waals surface area contributed by atoms with E-state index in [2.05, 4.69) is 25.7 Å². The molecule has 1 aromatic rings. The smallest absolute Gasteiger partial charge is 0.240 e. The average Bonchev–Trinajstić information content (AvgIpc) is 2.65. The van der Waals surface area contributed by atoms with Gasteiger partial charge in [0.05, 0.1) is 4.90 Å². The lowest BCUT2D eigenvalue weighted by molar-refractivity contribution is -0.113. The van der Waals surface area contributed by atoms with Crippen LogP contribution in [0, 0.1) is 6.92 Å². The van der Waals surface area contributed by atoms with Crippen molar-refractivity contribution in [2.75, 3.05) is 65.4 Å². The van der Waals surface area contributed by atoms with E-state index in [9.17, 15) is 13.2 Å². The Morgan fingerprint density at radius 3 is 2.14 bits per heavy atom. The molecule has 0 unspecified atom stereocenters. The Hall–Kier alpha value is -1.56. The molecule has 0 aliphatic carbocycles. The van der Waals surface area contributed by atoms with Crippen LogP contribution in [-0.4, -0.2) is 90.2 Å². The molecule has 1 heterocycles. The summed E-state index contributed by atoms with van der Waals surface area (Å²) in [6.07, 6.45) is 0.700. The van der Waals surface area contributed by atoms with Gasteiger partial charge >= 0.3 is 0 Å². The molecule has 0 saturated carbocycles. The monoisotopic (exact) mass is 412 g/mol. The minimum atomic E-state index is -3.48. The largest absolute Gasteiger partial charge is 0.314 e. The molecule has 0 bridgehead atoms. The summed E-state index contributed by atoms with van der Waals surface area (Å²) in [6.45, 7) is 9.22. The van der Waals surface area contributed by atoms with Crippen LogP contribution in [0.15, 0.2) is 29.2 Å². The van der Waals surface area contributed by atoms with Gasteiger partial charge in [0.1, 0.15) is 0 Å². The van der Waals surface area contributed by atoms with Crippen molar-refractivity contribution in [3.63, 3.8) is 0 Å². The van der Waals surface area contributed by atoms with E-state index < -0.39 is 10.0 Å². The summed E-state index contributed by atoms with van der Waals surface area (Å²) in [5.74, 6) is 0. The van der Waals surface area contributed by atoms with Crippen LogP contribution in [0.5, 0.6) is 0 Å². The minimum Gasteiger partial charge on any atom is -0.314 e. The van der Waals surface area contributed by atoms with Crippen LogP contribution in [0.4, 0.5) is 0 Å². The Kier molecular flexibility index (Phi) is 9.82. The molecular formula is C18H32N6O3S. The minimum absolute atomic E-state index is 0.295.